The molecule has 0 amide bonds. The molecule has 206 valence electrons. The summed E-state index contributed by atoms with van der Waals surface area (Å²) in [6, 6.07) is 15.2. The van der Waals surface area contributed by atoms with Crippen molar-refractivity contribution in [2.24, 2.45) is 0 Å². The zero-order valence-corrected chi connectivity index (χ0v) is 22.3. The number of ether oxygens (including phenoxy) is 4. The SMILES string of the molecule is CS(=O)(=O)CCCOc1ccc(Oc2cccc3c2OC[C@H]3Oc2ccc(N3C=C(O)NS3(=O)=O)cc2)cn1. The Labute approximate surface area is 225 Å². The molecule has 2 aromatic carbocycles. The maximum absolute atomic E-state index is 12.1. The fourth-order valence-corrected chi connectivity index (χ4v) is 5.64. The fraction of sp³-hybridized carbons (Fsp3) is 0.240. The first-order chi connectivity index (χ1) is 18.6. The summed E-state index contributed by atoms with van der Waals surface area (Å²) in [7, 11) is -6.91. The predicted molar refractivity (Wildman–Crippen MR) is 141 cm³/mol. The zero-order valence-electron chi connectivity index (χ0n) is 20.7. The van der Waals surface area contributed by atoms with Crippen LogP contribution in [0.2, 0.25) is 0 Å². The van der Waals surface area contributed by atoms with Crippen molar-refractivity contribution in [1.82, 2.24) is 9.71 Å². The smallest absolute Gasteiger partial charge is 0.330 e. The van der Waals surface area contributed by atoms with E-state index >= 15 is 0 Å². The number of hydrogen-bond donors (Lipinski definition) is 2. The van der Waals surface area contributed by atoms with E-state index in [1.807, 2.05) is 16.9 Å². The second-order valence-corrected chi connectivity index (χ2v) is 12.6. The number of aromatic nitrogens is 1. The molecular formula is C25H25N3O9S2. The van der Waals surface area contributed by atoms with Crippen LogP contribution < -0.4 is 28.0 Å². The van der Waals surface area contributed by atoms with Crippen LogP contribution in [-0.2, 0) is 20.0 Å². The van der Waals surface area contributed by atoms with Gasteiger partial charge in [0.15, 0.2) is 17.6 Å². The highest BCUT2D eigenvalue weighted by Crippen LogP contribution is 2.43. The van der Waals surface area contributed by atoms with Gasteiger partial charge in [-0.15, -0.1) is 0 Å². The Bertz CT molecular complexity index is 1590. The van der Waals surface area contributed by atoms with Crippen LogP contribution in [0.4, 0.5) is 5.69 Å². The number of rotatable bonds is 10. The Morgan fingerprint density at radius 2 is 1.90 bits per heavy atom. The van der Waals surface area contributed by atoms with Gasteiger partial charge in [0.25, 0.3) is 0 Å². The molecule has 1 atom stereocenters. The van der Waals surface area contributed by atoms with Crippen LogP contribution in [0.1, 0.15) is 18.1 Å². The number of nitrogens with zero attached hydrogens (tertiary/aromatic N) is 2. The number of hydrogen-bond acceptors (Lipinski definition) is 10. The predicted octanol–water partition coefficient (Wildman–Crippen LogP) is 3.21. The molecule has 2 aliphatic heterocycles. The van der Waals surface area contributed by atoms with Gasteiger partial charge in [0.2, 0.25) is 11.8 Å². The number of fused-ring (bicyclic) bond motifs is 1. The molecule has 39 heavy (non-hydrogen) atoms. The van der Waals surface area contributed by atoms with Gasteiger partial charge in [-0.25, -0.2) is 22.4 Å². The second kappa shape index (κ2) is 10.5. The third-order valence-corrected chi connectivity index (χ3v) is 8.01. The molecule has 0 aliphatic carbocycles. The first kappa shape index (κ1) is 26.4. The summed E-state index contributed by atoms with van der Waals surface area (Å²) < 4.78 is 72.8. The van der Waals surface area contributed by atoms with Gasteiger partial charge in [-0.2, -0.15) is 8.42 Å². The number of pyridine rings is 1. The van der Waals surface area contributed by atoms with Crippen molar-refractivity contribution in [3.63, 3.8) is 0 Å². The fourth-order valence-electron chi connectivity index (χ4n) is 3.94. The minimum absolute atomic E-state index is 0.0486. The number of nitrogens with one attached hydrogen (secondary N) is 1. The molecule has 0 fully saturated rings. The highest BCUT2D eigenvalue weighted by atomic mass is 32.2. The number of aliphatic hydroxyl groups is 1. The molecule has 2 aliphatic rings. The maximum Gasteiger partial charge on any atom is 0.330 e. The summed E-state index contributed by atoms with van der Waals surface area (Å²) in [6.07, 6.45) is 3.71. The molecule has 12 nitrogen and oxygen atoms in total. The van der Waals surface area contributed by atoms with Gasteiger partial charge >= 0.3 is 10.2 Å². The number of aliphatic hydroxyl groups excluding tert-OH is 1. The van der Waals surface area contributed by atoms with E-state index in [1.165, 1.54) is 12.5 Å². The van der Waals surface area contributed by atoms with Crippen molar-refractivity contribution in [2.45, 2.75) is 12.5 Å². The monoisotopic (exact) mass is 575 g/mol. The average Bonchev–Trinajstić information content (AvgIpc) is 3.42. The minimum atomic E-state index is -3.87. The quantitative estimate of drug-likeness (QED) is 0.345. The Morgan fingerprint density at radius 1 is 1.13 bits per heavy atom. The first-order valence-electron chi connectivity index (χ1n) is 11.8. The van der Waals surface area contributed by atoms with Crippen molar-refractivity contribution in [1.29, 1.82) is 0 Å². The van der Waals surface area contributed by atoms with Crippen molar-refractivity contribution < 1.29 is 40.9 Å². The van der Waals surface area contributed by atoms with Crippen LogP contribution in [0.3, 0.4) is 0 Å². The number of sulfone groups is 1. The van der Waals surface area contributed by atoms with Crippen molar-refractivity contribution in [3.8, 4) is 28.9 Å². The Hall–Kier alpha value is -4.17. The third kappa shape index (κ3) is 6.29. The molecular weight excluding hydrogens is 550 g/mol. The summed E-state index contributed by atoms with van der Waals surface area (Å²) in [5.41, 5.74) is 1.12. The van der Waals surface area contributed by atoms with Crippen LogP contribution in [0.15, 0.2) is 72.9 Å². The molecule has 0 saturated heterocycles. The van der Waals surface area contributed by atoms with Gasteiger partial charge in [-0.05, 0) is 42.8 Å². The van der Waals surface area contributed by atoms with Gasteiger partial charge in [-0.3, -0.25) is 0 Å². The van der Waals surface area contributed by atoms with E-state index in [0.29, 0.717) is 41.0 Å². The molecule has 2 N–H and O–H groups in total. The number of para-hydroxylation sites is 1. The number of benzene rings is 2. The largest absolute Gasteiger partial charge is 0.493 e. The van der Waals surface area contributed by atoms with Gasteiger partial charge < -0.3 is 24.1 Å². The van der Waals surface area contributed by atoms with E-state index < -0.39 is 32.0 Å². The standard InChI is InChI=1S/C25H25N3O9S2/c1-38(30,31)13-3-12-34-24-11-10-19(14-26-24)37-21-5-2-4-20-22(16-35-25(20)21)36-18-8-6-17(7-9-18)28-15-23(29)27-39(28,32)33/h2,4-11,14-15,22,27,29H,3,12-13,16H2,1H3/t22-/m1/s1. The summed E-state index contributed by atoms with van der Waals surface area (Å²) >= 11 is 0. The molecule has 0 radical (unpaired) electrons. The molecule has 3 aromatic rings. The third-order valence-electron chi connectivity index (χ3n) is 5.68. The highest BCUT2D eigenvalue weighted by molar-refractivity contribution is 7.91. The van der Waals surface area contributed by atoms with Crippen LogP contribution in [-0.4, -0.2) is 52.1 Å². The lowest BCUT2D eigenvalue weighted by atomic mass is 10.1. The van der Waals surface area contributed by atoms with Crippen LogP contribution in [0, 0.1) is 0 Å². The summed E-state index contributed by atoms with van der Waals surface area (Å²) in [4.78, 5) is 4.20. The van der Waals surface area contributed by atoms with E-state index in [1.54, 1.807) is 42.5 Å². The van der Waals surface area contributed by atoms with Crippen LogP contribution in [0.5, 0.6) is 28.9 Å². The average molecular weight is 576 g/mol. The summed E-state index contributed by atoms with van der Waals surface area (Å²) in [5.74, 6) is 1.92. The Kier molecular flexibility index (Phi) is 7.14. The van der Waals surface area contributed by atoms with Crippen molar-refractivity contribution in [2.75, 3.05) is 29.5 Å². The van der Waals surface area contributed by atoms with E-state index in [-0.39, 0.29) is 19.0 Å². The molecule has 3 heterocycles. The van der Waals surface area contributed by atoms with Gasteiger partial charge in [-0.1, -0.05) is 12.1 Å². The lowest BCUT2D eigenvalue weighted by Crippen LogP contribution is -2.29. The normalized spacial score (nSPS) is 17.5. The molecule has 0 bridgehead atoms. The van der Waals surface area contributed by atoms with Gasteiger partial charge in [0.1, 0.15) is 27.9 Å². The minimum Gasteiger partial charge on any atom is -0.493 e. The number of anilines is 1. The first-order valence-corrected chi connectivity index (χ1v) is 15.3. The molecule has 0 spiro atoms. The second-order valence-electron chi connectivity index (χ2n) is 8.77. The molecule has 0 unspecified atom stereocenters. The van der Waals surface area contributed by atoms with Crippen molar-refractivity contribution >= 4 is 25.7 Å². The van der Waals surface area contributed by atoms with Crippen molar-refractivity contribution in [3.05, 3.63) is 78.4 Å². The van der Waals surface area contributed by atoms with Gasteiger partial charge in [0.05, 0.1) is 30.4 Å². The maximum atomic E-state index is 12.1. The van der Waals surface area contributed by atoms with E-state index in [4.69, 9.17) is 18.9 Å². The van der Waals surface area contributed by atoms with E-state index in [0.717, 1.165) is 16.1 Å². The molecule has 1 aromatic heterocycles. The topological polar surface area (TPSA) is 154 Å². The summed E-state index contributed by atoms with van der Waals surface area (Å²) in [6.45, 7) is 0.483. The molecule has 5 rings (SSSR count). The lowest BCUT2D eigenvalue weighted by molar-refractivity contribution is 0.162. The highest BCUT2D eigenvalue weighted by Gasteiger charge is 2.30. The molecule has 0 saturated carbocycles. The molecule has 14 heteroatoms. The van der Waals surface area contributed by atoms with Crippen LogP contribution in [0.25, 0.3) is 0 Å². The Morgan fingerprint density at radius 3 is 2.56 bits per heavy atom. The zero-order chi connectivity index (χ0) is 27.6. The Balaban J connectivity index is 1.21. The van der Waals surface area contributed by atoms with Crippen LogP contribution >= 0.6 is 0 Å². The summed E-state index contributed by atoms with van der Waals surface area (Å²) in [5, 5.41) is 9.48. The van der Waals surface area contributed by atoms with Gasteiger partial charge in [0, 0.05) is 17.9 Å². The lowest BCUT2D eigenvalue weighted by Gasteiger charge is -2.16. The van der Waals surface area contributed by atoms with E-state index in [2.05, 4.69) is 4.98 Å². The van der Waals surface area contributed by atoms with E-state index in [9.17, 15) is 21.9 Å².